The summed E-state index contributed by atoms with van der Waals surface area (Å²) >= 11 is 0. The Bertz CT molecular complexity index is 476. The molecule has 3 heteroatoms. The lowest BCUT2D eigenvalue weighted by Gasteiger charge is -2.36. The van der Waals surface area contributed by atoms with Crippen LogP contribution in [0.2, 0.25) is 0 Å². The van der Waals surface area contributed by atoms with Gasteiger partial charge in [-0.15, -0.1) is 0 Å². The summed E-state index contributed by atoms with van der Waals surface area (Å²) in [5.41, 5.74) is 8.31. The highest BCUT2D eigenvalue weighted by molar-refractivity contribution is 5.99. The summed E-state index contributed by atoms with van der Waals surface area (Å²) in [4.78, 5) is 13.8. The summed E-state index contributed by atoms with van der Waals surface area (Å²) in [5.74, 6) is 0.935. The van der Waals surface area contributed by atoms with Gasteiger partial charge in [-0.1, -0.05) is 13.3 Å². The second kappa shape index (κ2) is 6.29. The summed E-state index contributed by atoms with van der Waals surface area (Å²) < 4.78 is 0. The smallest absolute Gasteiger partial charge is 0.161 e. The van der Waals surface area contributed by atoms with Crippen LogP contribution in [0.3, 0.4) is 0 Å². The molecule has 1 saturated carbocycles. The average Bonchev–Trinajstić information content (AvgIpc) is 2.46. The molecule has 1 fully saturated rings. The molecular weight excluding hydrogens is 248 g/mol. The molecule has 0 aromatic heterocycles. The van der Waals surface area contributed by atoms with E-state index in [4.69, 9.17) is 5.73 Å². The minimum Gasteiger partial charge on any atom is -0.398 e. The number of Topliss-reactive ketones (excluding diaryl/α,β-unsaturated/α-hetero) is 1. The summed E-state index contributed by atoms with van der Waals surface area (Å²) in [6.45, 7) is 3.84. The molecule has 1 aliphatic carbocycles. The van der Waals surface area contributed by atoms with E-state index in [1.54, 1.807) is 6.92 Å². The van der Waals surface area contributed by atoms with Crippen molar-refractivity contribution in [3.05, 3.63) is 23.8 Å². The standard InChI is InChI=1S/C17H26N2O/c1-4-13-5-7-14(8-6-13)19(3)15-9-10-16(12(2)20)17(18)11-15/h9-11,13-14H,4-8,18H2,1-3H3. The first-order chi connectivity index (χ1) is 9.52. The number of rotatable bonds is 4. The van der Waals surface area contributed by atoms with E-state index >= 15 is 0 Å². The molecule has 1 aromatic rings. The molecule has 0 spiro atoms. The van der Waals surface area contributed by atoms with E-state index in [9.17, 15) is 4.79 Å². The zero-order chi connectivity index (χ0) is 14.7. The zero-order valence-electron chi connectivity index (χ0n) is 12.9. The zero-order valence-corrected chi connectivity index (χ0v) is 12.9. The highest BCUT2D eigenvalue weighted by Crippen LogP contribution is 2.32. The van der Waals surface area contributed by atoms with Crippen molar-refractivity contribution in [2.45, 2.75) is 52.0 Å². The first kappa shape index (κ1) is 14.9. The molecule has 0 atom stereocenters. The molecule has 0 aliphatic heterocycles. The first-order valence-electron chi connectivity index (χ1n) is 7.66. The Balaban J connectivity index is 2.08. The summed E-state index contributed by atoms with van der Waals surface area (Å²) in [6, 6.07) is 6.39. The molecule has 0 unspecified atom stereocenters. The molecule has 1 aliphatic rings. The maximum Gasteiger partial charge on any atom is 0.161 e. The normalized spacial score (nSPS) is 22.6. The number of carbonyl (C=O) groups excluding carboxylic acids is 1. The molecule has 20 heavy (non-hydrogen) atoms. The van der Waals surface area contributed by atoms with Crippen molar-refractivity contribution in [1.82, 2.24) is 0 Å². The van der Waals surface area contributed by atoms with Crippen LogP contribution in [0, 0.1) is 5.92 Å². The number of nitrogens with zero attached hydrogens (tertiary/aromatic N) is 1. The van der Waals surface area contributed by atoms with Gasteiger partial charge in [0.15, 0.2) is 5.78 Å². The molecule has 0 radical (unpaired) electrons. The van der Waals surface area contributed by atoms with Crippen LogP contribution in [-0.4, -0.2) is 18.9 Å². The highest BCUT2D eigenvalue weighted by Gasteiger charge is 2.23. The van der Waals surface area contributed by atoms with E-state index in [-0.39, 0.29) is 5.78 Å². The molecule has 3 nitrogen and oxygen atoms in total. The van der Waals surface area contributed by atoms with E-state index in [2.05, 4.69) is 18.9 Å². The van der Waals surface area contributed by atoms with Gasteiger partial charge in [-0.25, -0.2) is 0 Å². The molecule has 2 rings (SSSR count). The van der Waals surface area contributed by atoms with Crippen LogP contribution < -0.4 is 10.6 Å². The molecule has 0 heterocycles. The SMILES string of the molecule is CCC1CCC(N(C)c2ccc(C(C)=O)c(N)c2)CC1. The van der Waals surface area contributed by atoms with E-state index < -0.39 is 0 Å². The molecule has 2 N–H and O–H groups in total. The second-order valence-electron chi connectivity index (χ2n) is 6.02. The van der Waals surface area contributed by atoms with Crippen LogP contribution >= 0.6 is 0 Å². The van der Waals surface area contributed by atoms with Crippen molar-refractivity contribution in [3.63, 3.8) is 0 Å². The van der Waals surface area contributed by atoms with Gasteiger partial charge in [0.05, 0.1) is 0 Å². The molecule has 0 amide bonds. The monoisotopic (exact) mass is 274 g/mol. The van der Waals surface area contributed by atoms with Gasteiger partial charge in [0, 0.05) is 30.0 Å². The van der Waals surface area contributed by atoms with Crippen LogP contribution in [0.4, 0.5) is 11.4 Å². The van der Waals surface area contributed by atoms with Crippen molar-refractivity contribution in [1.29, 1.82) is 0 Å². The number of hydrogen-bond acceptors (Lipinski definition) is 3. The Morgan fingerprint density at radius 1 is 1.30 bits per heavy atom. The molecule has 0 bridgehead atoms. The highest BCUT2D eigenvalue weighted by atomic mass is 16.1. The lowest BCUT2D eigenvalue weighted by Crippen LogP contribution is -2.35. The lowest BCUT2D eigenvalue weighted by molar-refractivity contribution is 0.101. The molecule has 0 saturated heterocycles. The van der Waals surface area contributed by atoms with Gasteiger partial charge < -0.3 is 10.6 Å². The van der Waals surface area contributed by atoms with E-state index in [0.717, 1.165) is 11.6 Å². The molecule has 110 valence electrons. The Labute approximate surface area is 122 Å². The number of nitrogen functional groups attached to an aromatic ring is 1. The van der Waals surface area contributed by atoms with Gasteiger partial charge >= 0.3 is 0 Å². The lowest BCUT2D eigenvalue weighted by atomic mass is 9.84. The van der Waals surface area contributed by atoms with Crippen molar-refractivity contribution in [2.24, 2.45) is 5.92 Å². The Morgan fingerprint density at radius 2 is 1.95 bits per heavy atom. The van der Waals surface area contributed by atoms with Gasteiger partial charge in [-0.3, -0.25) is 4.79 Å². The van der Waals surface area contributed by atoms with Crippen LogP contribution in [0.25, 0.3) is 0 Å². The van der Waals surface area contributed by atoms with Gasteiger partial charge in [0.2, 0.25) is 0 Å². The van der Waals surface area contributed by atoms with Crippen LogP contribution in [-0.2, 0) is 0 Å². The number of benzene rings is 1. The fraction of sp³-hybridized carbons (Fsp3) is 0.588. The van der Waals surface area contributed by atoms with Gasteiger partial charge in [0.1, 0.15) is 0 Å². The van der Waals surface area contributed by atoms with Crippen LogP contribution in [0.1, 0.15) is 56.3 Å². The molecular formula is C17H26N2O. The van der Waals surface area contributed by atoms with Gasteiger partial charge in [-0.05, 0) is 56.7 Å². The predicted molar refractivity (Wildman–Crippen MR) is 85.3 cm³/mol. The minimum absolute atomic E-state index is 0.0279. The van der Waals surface area contributed by atoms with E-state index in [0.29, 0.717) is 17.3 Å². The van der Waals surface area contributed by atoms with E-state index in [1.165, 1.54) is 32.1 Å². The summed E-state index contributed by atoms with van der Waals surface area (Å²) in [6.07, 6.45) is 6.46. The van der Waals surface area contributed by atoms with Gasteiger partial charge in [-0.2, -0.15) is 0 Å². The van der Waals surface area contributed by atoms with Crippen molar-refractivity contribution < 1.29 is 4.79 Å². The number of hydrogen-bond donors (Lipinski definition) is 1. The summed E-state index contributed by atoms with van der Waals surface area (Å²) in [5, 5.41) is 0. The minimum atomic E-state index is 0.0279. The quantitative estimate of drug-likeness (QED) is 0.669. The predicted octanol–water partition coefficient (Wildman–Crippen LogP) is 3.88. The maximum atomic E-state index is 11.4. The third kappa shape index (κ3) is 3.14. The van der Waals surface area contributed by atoms with Crippen LogP contribution in [0.5, 0.6) is 0 Å². The number of carbonyl (C=O) groups is 1. The van der Waals surface area contributed by atoms with Crippen LogP contribution in [0.15, 0.2) is 18.2 Å². The van der Waals surface area contributed by atoms with Crippen molar-refractivity contribution in [3.8, 4) is 0 Å². The first-order valence-corrected chi connectivity index (χ1v) is 7.66. The fourth-order valence-corrected chi connectivity index (χ4v) is 3.24. The molecule has 1 aromatic carbocycles. The summed E-state index contributed by atoms with van der Waals surface area (Å²) in [7, 11) is 2.14. The Morgan fingerprint density at radius 3 is 2.45 bits per heavy atom. The second-order valence-corrected chi connectivity index (χ2v) is 6.02. The van der Waals surface area contributed by atoms with Gasteiger partial charge in [0.25, 0.3) is 0 Å². The van der Waals surface area contributed by atoms with E-state index in [1.807, 2.05) is 18.2 Å². The third-order valence-corrected chi connectivity index (χ3v) is 4.76. The van der Waals surface area contributed by atoms with Crippen molar-refractivity contribution >= 4 is 17.2 Å². The fourth-order valence-electron chi connectivity index (χ4n) is 3.24. The largest absolute Gasteiger partial charge is 0.398 e. The average molecular weight is 274 g/mol. The number of nitrogens with two attached hydrogens (primary N) is 1. The Kier molecular flexibility index (Phi) is 4.69. The van der Waals surface area contributed by atoms with Crippen molar-refractivity contribution in [2.75, 3.05) is 17.7 Å². The Hall–Kier alpha value is -1.51. The number of ketones is 1. The maximum absolute atomic E-state index is 11.4. The number of anilines is 2. The third-order valence-electron chi connectivity index (χ3n) is 4.76. The topological polar surface area (TPSA) is 46.3 Å².